The molecule has 0 atom stereocenters. The number of piperidine rings is 1. The smallest absolute Gasteiger partial charge is 0.247 e. The lowest BCUT2D eigenvalue weighted by atomic mass is 9.97. The molecule has 1 saturated heterocycles. The van der Waals surface area contributed by atoms with Crippen LogP contribution in [0.5, 0.6) is 0 Å². The summed E-state index contributed by atoms with van der Waals surface area (Å²) in [7, 11) is -3.54. The van der Waals surface area contributed by atoms with Gasteiger partial charge >= 0.3 is 0 Å². The van der Waals surface area contributed by atoms with Crippen LogP contribution in [0.15, 0.2) is 58.2 Å². The van der Waals surface area contributed by atoms with Crippen molar-refractivity contribution in [3.63, 3.8) is 0 Å². The van der Waals surface area contributed by atoms with Crippen LogP contribution < -0.4 is 5.32 Å². The Hall–Kier alpha value is -3.04. The van der Waals surface area contributed by atoms with E-state index in [2.05, 4.69) is 15.5 Å². The number of hydrogen-bond donors (Lipinski definition) is 1. The molecule has 0 radical (unpaired) electrons. The minimum absolute atomic E-state index is 0.109. The number of rotatable bonds is 5. The lowest BCUT2D eigenvalue weighted by Crippen LogP contribution is -2.41. The largest absolute Gasteiger partial charge is 0.423 e. The molecule has 2 aliphatic rings. The first kappa shape index (κ1) is 20.8. The molecule has 0 unspecified atom stereocenters. The monoisotopic (exact) mass is 452 g/mol. The first-order valence-electron chi connectivity index (χ1n) is 10.8. The summed E-state index contributed by atoms with van der Waals surface area (Å²) in [6.45, 7) is 0.666. The average molecular weight is 453 g/mol. The highest BCUT2D eigenvalue weighted by molar-refractivity contribution is 7.89. The number of sulfonamides is 1. The van der Waals surface area contributed by atoms with Crippen molar-refractivity contribution in [3.8, 4) is 11.5 Å². The summed E-state index contributed by atoms with van der Waals surface area (Å²) in [6.07, 6.45) is 5.27. The van der Waals surface area contributed by atoms with Crippen LogP contribution in [0.25, 0.3) is 11.5 Å². The molecule has 0 bridgehead atoms. The normalized spacial score (nSPS) is 17.2. The Morgan fingerprint density at radius 2 is 1.88 bits per heavy atom. The number of nitrogens with zero attached hydrogens (tertiary/aromatic N) is 3. The fourth-order valence-electron chi connectivity index (χ4n) is 4.49. The Kier molecular flexibility index (Phi) is 5.52. The van der Waals surface area contributed by atoms with Gasteiger partial charge in [0.1, 0.15) is 0 Å². The summed E-state index contributed by atoms with van der Waals surface area (Å²) in [6, 6.07) is 12.7. The highest BCUT2D eigenvalue weighted by Gasteiger charge is 2.32. The summed E-state index contributed by atoms with van der Waals surface area (Å²) in [5.41, 5.74) is 3.75. The van der Waals surface area contributed by atoms with Crippen LogP contribution in [0.1, 0.15) is 30.4 Å². The van der Waals surface area contributed by atoms with Crippen LogP contribution in [0.2, 0.25) is 0 Å². The highest BCUT2D eigenvalue weighted by Crippen LogP contribution is 2.29. The summed E-state index contributed by atoms with van der Waals surface area (Å²) >= 11 is 0. The molecule has 2 heterocycles. The van der Waals surface area contributed by atoms with E-state index in [1.807, 2.05) is 18.2 Å². The fraction of sp³-hybridized carbons (Fsp3) is 0.348. The molecule has 1 fully saturated rings. The van der Waals surface area contributed by atoms with Gasteiger partial charge in [0.2, 0.25) is 28.2 Å². The van der Waals surface area contributed by atoms with Gasteiger partial charge in [0.05, 0.1) is 4.90 Å². The zero-order valence-electron chi connectivity index (χ0n) is 17.5. The van der Waals surface area contributed by atoms with Crippen LogP contribution in [0.3, 0.4) is 0 Å². The quantitative estimate of drug-likeness (QED) is 0.637. The number of carbonyl (C=O) groups excluding carboxylic acids is 1. The topological polar surface area (TPSA) is 105 Å². The summed E-state index contributed by atoms with van der Waals surface area (Å²) in [4.78, 5) is 13.1. The molecular weight excluding hydrogens is 428 g/mol. The van der Waals surface area contributed by atoms with E-state index in [9.17, 15) is 13.2 Å². The second kappa shape index (κ2) is 8.48. The zero-order chi connectivity index (χ0) is 22.1. The second-order valence-electron chi connectivity index (χ2n) is 8.28. The number of benzene rings is 2. The molecule has 5 rings (SSSR count). The van der Waals surface area contributed by atoms with Crippen LogP contribution in [0.4, 0.5) is 5.69 Å². The third-order valence-electron chi connectivity index (χ3n) is 6.27. The minimum atomic E-state index is -3.54. The number of hydrogen-bond acceptors (Lipinski definition) is 6. The molecule has 8 nitrogen and oxygen atoms in total. The Labute approximate surface area is 186 Å². The van der Waals surface area contributed by atoms with Gasteiger partial charge in [-0.3, -0.25) is 4.79 Å². The molecule has 0 saturated carbocycles. The van der Waals surface area contributed by atoms with Gasteiger partial charge in [-0.05, 0) is 73.6 Å². The summed E-state index contributed by atoms with van der Waals surface area (Å²) in [5, 5.41) is 10.5. The van der Waals surface area contributed by atoms with Gasteiger partial charge in [0, 0.05) is 30.3 Å². The Morgan fingerprint density at radius 1 is 1.06 bits per heavy atom. The lowest BCUT2D eigenvalue weighted by molar-refractivity contribution is -0.120. The second-order valence-corrected chi connectivity index (χ2v) is 10.2. The molecule has 1 aromatic heterocycles. The Morgan fingerprint density at radius 3 is 2.66 bits per heavy atom. The van der Waals surface area contributed by atoms with Gasteiger partial charge in [-0.15, -0.1) is 10.2 Å². The van der Waals surface area contributed by atoms with Crippen molar-refractivity contribution in [1.82, 2.24) is 14.5 Å². The van der Waals surface area contributed by atoms with Crippen LogP contribution in [-0.2, 0) is 27.7 Å². The van der Waals surface area contributed by atoms with Gasteiger partial charge in [-0.2, -0.15) is 4.31 Å². The molecule has 0 spiro atoms. The minimum Gasteiger partial charge on any atom is -0.423 e. The maximum Gasteiger partial charge on any atom is 0.247 e. The maximum atomic E-state index is 13.1. The van der Waals surface area contributed by atoms with Crippen molar-refractivity contribution < 1.29 is 17.6 Å². The van der Waals surface area contributed by atoms with E-state index in [4.69, 9.17) is 4.42 Å². The third kappa shape index (κ3) is 4.05. The number of aryl methyl sites for hydroxylation is 2. The Balaban J connectivity index is 1.22. The number of nitrogens with one attached hydrogen (secondary N) is 1. The van der Waals surface area contributed by atoms with Crippen molar-refractivity contribution in [1.29, 1.82) is 0 Å². The predicted molar refractivity (Wildman–Crippen MR) is 118 cm³/mol. The van der Waals surface area contributed by atoms with Gasteiger partial charge in [0.25, 0.3) is 0 Å². The lowest BCUT2D eigenvalue weighted by Gasteiger charge is -2.30. The molecule has 1 amide bonds. The highest BCUT2D eigenvalue weighted by atomic mass is 32.2. The molecule has 1 aliphatic heterocycles. The van der Waals surface area contributed by atoms with Gasteiger partial charge in [-0.1, -0.05) is 12.1 Å². The van der Waals surface area contributed by atoms with Crippen LogP contribution in [-0.4, -0.2) is 41.9 Å². The number of fused-ring (bicyclic) bond motifs is 1. The number of amides is 1. The van der Waals surface area contributed by atoms with Crippen molar-refractivity contribution in [3.05, 3.63) is 60.0 Å². The SMILES string of the molecule is O=C(Nc1cccc(-c2nnco2)c1)C1CCN(S(=O)(=O)c2ccc3c(c2)CCC3)CC1. The van der Waals surface area contributed by atoms with E-state index >= 15 is 0 Å². The molecule has 1 aliphatic carbocycles. The van der Waals surface area contributed by atoms with E-state index < -0.39 is 10.0 Å². The number of anilines is 1. The van der Waals surface area contributed by atoms with Crippen molar-refractivity contribution in [2.45, 2.75) is 37.0 Å². The molecule has 2 aromatic carbocycles. The first-order chi connectivity index (χ1) is 15.5. The van der Waals surface area contributed by atoms with Crippen molar-refractivity contribution >= 4 is 21.6 Å². The molecule has 166 valence electrons. The molecule has 32 heavy (non-hydrogen) atoms. The van der Waals surface area contributed by atoms with Gasteiger partial charge in [-0.25, -0.2) is 8.42 Å². The molecule has 9 heteroatoms. The van der Waals surface area contributed by atoms with E-state index in [-0.39, 0.29) is 11.8 Å². The van der Waals surface area contributed by atoms with E-state index in [0.717, 1.165) is 30.4 Å². The van der Waals surface area contributed by atoms with Gasteiger partial charge in [0.15, 0.2) is 0 Å². The summed E-state index contributed by atoms with van der Waals surface area (Å²) < 4.78 is 32.9. The van der Waals surface area contributed by atoms with E-state index in [1.165, 1.54) is 16.3 Å². The first-order valence-corrected chi connectivity index (χ1v) is 12.2. The van der Waals surface area contributed by atoms with E-state index in [0.29, 0.717) is 42.4 Å². The maximum absolute atomic E-state index is 13.1. The standard InChI is InChI=1S/C23H24N4O4S/c28-22(25-20-6-2-5-19(13-20)23-26-24-15-31-23)17-9-11-27(12-10-17)32(29,30)21-8-7-16-3-1-4-18(16)14-21/h2,5-8,13-15,17H,1,3-4,9-12H2,(H,25,28). The molecular formula is C23H24N4O4S. The number of carbonyl (C=O) groups is 1. The zero-order valence-corrected chi connectivity index (χ0v) is 18.3. The fourth-order valence-corrected chi connectivity index (χ4v) is 6.01. The summed E-state index contributed by atoms with van der Waals surface area (Å²) in [5.74, 6) is 0.0296. The van der Waals surface area contributed by atoms with Crippen LogP contribution in [0, 0.1) is 5.92 Å². The van der Waals surface area contributed by atoms with Crippen molar-refractivity contribution in [2.24, 2.45) is 5.92 Å². The van der Waals surface area contributed by atoms with Crippen LogP contribution >= 0.6 is 0 Å². The van der Waals surface area contributed by atoms with Gasteiger partial charge < -0.3 is 9.73 Å². The predicted octanol–water partition coefficient (Wildman–Crippen LogP) is 3.26. The molecule has 1 N–H and O–H groups in total. The molecule has 3 aromatic rings. The van der Waals surface area contributed by atoms with E-state index in [1.54, 1.807) is 24.3 Å². The third-order valence-corrected chi connectivity index (χ3v) is 8.16. The number of aromatic nitrogens is 2. The van der Waals surface area contributed by atoms with Crippen molar-refractivity contribution in [2.75, 3.05) is 18.4 Å². The Bertz CT molecular complexity index is 1230. The average Bonchev–Trinajstić information content (AvgIpc) is 3.51.